The second-order valence-corrected chi connectivity index (χ2v) is 13.0. The minimum atomic E-state index is -3.41. The van der Waals surface area contributed by atoms with Gasteiger partial charge in [0.15, 0.2) is 0 Å². The van der Waals surface area contributed by atoms with E-state index in [-0.39, 0.29) is 32.7 Å². The minimum Gasteiger partial charge on any atom is -0.489 e. The van der Waals surface area contributed by atoms with Gasteiger partial charge in [-0.3, -0.25) is 19.5 Å². The summed E-state index contributed by atoms with van der Waals surface area (Å²) in [5.74, 6) is -0.897. The lowest BCUT2D eigenvalue weighted by Gasteiger charge is -2.43. The van der Waals surface area contributed by atoms with E-state index in [1.54, 1.807) is 49.9 Å². The summed E-state index contributed by atoms with van der Waals surface area (Å²) in [6.07, 6.45) is 0. The zero-order valence-corrected chi connectivity index (χ0v) is 24.1. The highest BCUT2D eigenvalue weighted by Crippen LogP contribution is 2.23. The Morgan fingerprint density at radius 1 is 1.07 bits per heavy atom. The van der Waals surface area contributed by atoms with Gasteiger partial charge in [-0.25, -0.2) is 8.42 Å². The summed E-state index contributed by atoms with van der Waals surface area (Å²) in [5, 5.41) is 13.2. The topological polar surface area (TPSA) is 129 Å². The van der Waals surface area contributed by atoms with Crippen LogP contribution in [0.2, 0.25) is 0 Å². The number of sulfonamides is 1. The zero-order chi connectivity index (χ0) is 29.1. The first-order valence-corrected chi connectivity index (χ1v) is 14.8. The Bertz CT molecular complexity index is 1480. The standard InChI is InChI=1S/C29H36N4O6S/c1-20(2)40(37,38)33-15-13-32(14-16-33)29(4,28(35)36)19-30-27(34)22-9-11-24(12-10-22)39-18-23-17-21(3)31-26-8-6-5-7-25(23)26/h5-12,17,20H,13-16,18-19H2,1-4H3,(H,30,34)(H,35,36)/t29-/m0/s1. The van der Waals surface area contributed by atoms with E-state index in [1.165, 1.54) is 4.31 Å². The molecule has 2 N–H and O–H groups in total. The van der Waals surface area contributed by atoms with Crippen LogP contribution in [-0.4, -0.2) is 83.1 Å². The number of aromatic nitrogens is 1. The van der Waals surface area contributed by atoms with Crippen LogP contribution in [0.3, 0.4) is 0 Å². The second-order valence-electron chi connectivity index (χ2n) is 10.5. The van der Waals surface area contributed by atoms with E-state index < -0.39 is 32.7 Å². The molecule has 2 heterocycles. The fourth-order valence-corrected chi connectivity index (χ4v) is 6.06. The van der Waals surface area contributed by atoms with E-state index >= 15 is 0 Å². The number of carbonyl (C=O) groups is 2. The van der Waals surface area contributed by atoms with Crippen molar-refractivity contribution in [3.8, 4) is 5.75 Å². The van der Waals surface area contributed by atoms with Crippen LogP contribution >= 0.6 is 0 Å². The fraction of sp³-hybridized carbons (Fsp3) is 0.414. The number of amides is 1. The average Bonchev–Trinajstić information content (AvgIpc) is 2.94. The van der Waals surface area contributed by atoms with Crippen LogP contribution in [0.25, 0.3) is 10.9 Å². The molecule has 0 bridgehead atoms. The Labute approximate surface area is 235 Å². The summed E-state index contributed by atoms with van der Waals surface area (Å²) < 4.78 is 32.3. The van der Waals surface area contributed by atoms with Gasteiger partial charge in [0, 0.05) is 54.9 Å². The first-order valence-electron chi connectivity index (χ1n) is 13.3. The van der Waals surface area contributed by atoms with Crippen LogP contribution < -0.4 is 10.1 Å². The number of nitrogens with zero attached hydrogens (tertiary/aromatic N) is 3. The van der Waals surface area contributed by atoms with Crippen LogP contribution in [0.15, 0.2) is 54.6 Å². The van der Waals surface area contributed by atoms with Crippen LogP contribution in [0.1, 0.15) is 42.4 Å². The van der Waals surface area contributed by atoms with Crippen molar-refractivity contribution >= 4 is 32.8 Å². The van der Waals surface area contributed by atoms with Gasteiger partial charge in [-0.15, -0.1) is 0 Å². The highest BCUT2D eigenvalue weighted by Gasteiger charge is 2.43. The molecule has 10 nitrogen and oxygen atoms in total. The van der Waals surface area contributed by atoms with E-state index in [1.807, 2.05) is 37.3 Å². The maximum absolute atomic E-state index is 12.9. The van der Waals surface area contributed by atoms with Crippen molar-refractivity contribution in [2.45, 2.75) is 45.1 Å². The molecule has 0 saturated carbocycles. The van der Waals surface area contributed by atoms with Crippen molar-refractivity contribution in [2.24, 2.45) is 0 Å². The number of carboxylic acid groups (broad SMARTS) is 1. The number of carbonyl (C=O) groups excluding carboxylic acids is 1. The SMILES string of the molecule is Cc1cc(COc2ccc(C(=O)NC[C@@](C)(C(=O)O)N3CCN(S(=O)(=O)C(C)C)CC3)cc2)c2ccccc2n1. The molecule has 2 aromatic carbocycles. The van der Waals surface area contributed by atoms with E-state index in [0.717, 1.165) is 22.2 Å². The van der Waals surface area contributed by atoms with Crippen LogP contribution in [-0.2, 0) is 21.4 Å². The first kappa shape index (κ1) is 29.4. The summed E-state index contributed by atoms with van der Waals surface area (Å²) >= 11 is 0. The summed E-state index contributed by atoms with van der Waals surface area (Å²) in [7, 11) is -3.41. The predicted octanol–water partition coefficient (Wildman–Crippen LogP) is 3.05. The molecule has 1 aliphatic rings. The van der Waals surface area contributed by atoms with E-state index in [9.17, 15) is 23.1 Å². The number of carboxylic acids is 1. The lowest BCUT2D eigenvalue weighted by molar-refractivity contribution is -0.151. The number of benzene rings is 2. The number of piperazine rings is 1. The second kappa shape index (κ2) is 11.9. The van der Waals surface area contributed by atoms with Gasteiger partial charge in [0.1, 0.15) is 17.9 Å². The third-order valence-electron chi connectivity index (χ3n) is 7.39. The van der Waals surface area contributed by atoms with Gasteiger partial charge in [0.25, 0.3) is 5.91 Å². The smallest absolute Gasteiger partial charge is 0.325 e. The monoisotopic (exact) mass is 568 g/mol. The molecule has 1 aliphatic heterocycles. The molecule has 4 rings (SSSR count). The molecule has 1 fully saturated rings. The van der Waals surface area contributed by atoms with Gasteiger partial charge in [-0.1, -0.05) is 18.2 Å². The third kappa shape index (κ3) is 6.27. The van der Waals surface area contributed by atoms with Gasteiger partial charge in [0.05, 0.1) is 10.8 Å². The van der Waals surface area contributed by atoms with Crippen LogP contribution in [0, 0.1) is 6.92 Å². The maximum Gasteiger partial charge on any atom is 0.325 e. The predicted molar refractivity (Wildman–Crippen MR) is 153 cm³/mol. The van der Waals surface area contributed by atoms with Gasteiger partial charge >= 0.3 is 5.97 Å². The highest BCUT2D eigenvalue weighted by atomic mass is 32.2. The molecule has 1 saturated heterocycles. The van der Waals surface area contributed by atoms with Crippen LogP contribution in [0.4, 0.5) is 0 Å². The molecular formula is C29H36N4O6S. The number of pyridine rings is 1. The van der Waals surface area contributed by atoms with Crippen molar-refractivity contribution in [3.63, 3.8) is 0 Å². The molecule has 1 aromatic heterocycles. The molecular weight excluding hydrogens is 532 g/mol. The number of nitrogens with one attached hydrogen (secondary N) is 1. The number of para-hydroxylation sites is 1. The zero-order valence-electron chi connectivity index (χ0n) is 23.3. The van der Waals surface area contributed by atoms with Crippen molar-refractivity contribution in [1.29, 1.82) is 0 Å². The molecule has 214 valence electrons. The Kier molecular flexibility index (Phi) is 8.77. The van der Waals surface area contributed by atoms with Gasteiger partial charge in [0.2, 0.25) is 10.0 Å². The van der Waals surface area contributed by atoms with Crippen molar-refractivity contribution in [3.05, 3.63) is 71.4 Å². The summed E-state index contributed by atoms with van der Waals surface area (Å²) in [6.45, 7) is 7.86. The third-order valence-corrected chi connectivity index (χ3v) is 9.66. The van der Waals surface area contributed by atoms with E-state index in [4.69, 9.17) is 4.74 Å². The lowest BCUT2D eigenvalue weighted by Crippen LogP contribution is -2.64. The van der Waals surface area contributed by atoms with Crippen molar-refractivity contribution < 1.29 is 27.9 Å². The number of ether oxygens (including phenoxy) is 1. The number of aryl methyl sites for hydroxylation is 1. The molecule has 0 aliphatic carbocycles. The van der Waals surface area contributed by atoms with E-state index in [0.29, 0.717) is 17.9 Å². The van der Waals surface area contributed by atoms with Crippen LogP contribution in [0.5, 0.6) is 5.75 Å². The Balaban J connectivity index is 1.35. The quantitative estimate of drug-likeness (QED) is 0.382. The molecule has 0 unspecified atom stereocenters. The summed E-state index contributed by atoms with van der Waals surface area (Å²) in [4.78, 5) is 31.4. The molecule has 0 radical (unpaired) electrons. The first-order chi connectivity index (χ1) is 18.9. The lowest BCUT2D eigenvalue weighted by atomic mass is 9.98. The number of hydrogen-bond acceptors (Lipinski definition) is 7. The largest absolute Gasteiger partial charge is 0.489 e. The Hall–Kier alpha value is -3.54. The normalized spacial score (nSPS) is 16.5. The Morgan fingerprint density at radius 2 is 1.73 bits per heavy atom. The van der Waals surface area contributed by atoms with Gasteiger partial charge < -0.3 is 15.2 Å². The average molecular weight is 569 g/mol. The van der Waals surface area contributed by atoms with Gasteiger partial charge in [-0.05, 0) is 64.1 Å². The van der Waals surface area contributed by atoms with E-state index in [2.05, 4.69) is 10.3 Å². The number of hydrogen-bond donors (Lipinski definition) is 2. The number of rotatable bonds is 10. The fourth-order valence-electron chi connectivity index (χ4n) is 4.79. The molecule has 0 spiro atoms. The molecule has 3 aromatic rings. The minimum absolute atomic E-state index is 0.134. The van der Waals surface area contributed by atoms with Gasteiger partial charge in [-0.2, -0.15) is 4.31 Å². The molecule has 1 atom stereocenters. The molecule has 1 amide bonds. The summed E-state index contributed by atoms with van der Waals surface area (Å²) in [5.41, 5.74) is 1.81. The van der Waals surface area contributed by atoms with Crippen molar-refractivity contribution in [1.82, 2.24) is 19.5 Å². The maximum atomic E-state index is 12.9. The highest BCUT2D eigenvalue weighted by molar-refractivity contribution is 7.89. The number of aliphatic carboxylic acids is 1. The summed E-state index contributed by atoms with van der Waals surface area (Å²) in [6, 6.07) is 16.5. The van der Waals surface area contributed by atoms with Crippen molar-refractivity contribution in [2.75, 3.05) is 32.7 Å². The molecule has 40 heavy (non-hydrogen) atoms. The molecule has 11 heteroatoms. The number of fused-ring (bicyclic) bond motifs is 1. The Morgan fingerprint density at radius 3 is 2.35 bits per heavy atom.